The average Bonchev–Trinajstić information content (AvgIpc) is 2.26. The maximum Gasteiger partial charge on any atom is 0.269 e. The minimum Gasteiger partial charge on any atom is -0.258 e. The van der Waals surface area contributed by atoms with E-state index in [1.807, 2.05) is 12.1 Å². The maximum atomic E-state index is 10.5. The molecule has 3 nitrogen and oxygen atoms in total. The van der Waals surface area contributed by atoms with Crippen LogP contribution in [0.1, 0.15) is 32.3 Å². The Morgan fingerprint density at radius 1 is 1.29 bits per heavy atom. The summed E-state index contributed by atoms with van der Waals surface area (Å²) in [6, 6.07) is 6.82. The van der Waals surface area contributed by atoms with Crippen LogP contribution in [0, 0.1) is 16.0 Å². The van der Waals surface area contributed by atoms with Gasteiger partial charge in [-0.05, 0) is 30.7 Å². The lowest BCUT2D eigenvalue weighted by molar-refractivity contribution is -0.384. The monoisotopic (exact) mass is 299 g/mol. The van der Waals surface area contributed by atoms with Crippen molar-refractivity contribution >= 4 is 21.6 Å². The Kier molecular flexibility index (Phi) is 5.62. The number of hydrogen-bond donors (Lipinski definition) is 0. The molecule has 1 atom stereocenters. The summed E-state index contributed by atoms with van der Waals surface area (Å²) in [5.41, 5.74) is 1.31. The minimum absolute atomic E-state index is 0.159. The molecule has 4 heteroatoms. The van der Waals surface area contributed by atoms with Crippen LogP contribution < -0.4 is 0 Å². The van der Waals surface area contributed by atoms with E-state index < -0.39 is 0 Å². The lowest BCUT2D eigenvalue weighted by Crippen LogP contribution is -2.04. The van der Waals surface area contributed by atoms with Crippen LogP contribution in [0.3, 0.4) is 0 Å². The molecule has 0 aliphatic carbocycles. The molecular weight excluding hydrogens is 282 g/mol. The topological polar surface area (TPSA) is 43.1 Å². The molecule has 1 aromatic rings. The van der Waals surface area contributed by atoms with Crippen LogP contribution in [-0.2, 0) is 6.42 Å². The molecule has 94 valence electrons. The van der Waals surface area contributed by atoms with E-state index in [4.69, 9.17) is 0 Å². The number of halogens is 1. The lowest BCUT2D eigenvalue weighted by atomic mass is 10.0. The zero-order chi connectivity index (χ0) is 12.8. The van der Waals surface area contributed by atoms with Gasteiger partial charge in [0.2, 0.25) is 0 Å². The van der Waals surface area contributed by atoms with Gasteiger partial charge in [0.1, 0.15) is 0 Å². The highest BCUT2D eigenvalue weighted by molar-refractivity contribution is 9.09. The van der Waals surface area contributed by atoms with Gasteiger partial charge in [0.05, 0.1) is 4.92 Å². The summed E-state index contributed by atoms with van der Waals surface area (Å²) in [5.74, 6) is 0.691. The van der Waals surface area contributed by atoms with E-state index in [2.05, 4.69) is 29.8 Å². The summed E-state index contributed by atoms with van der Waals surface area (Å²) < 4.78 is 0. The standard InChI is InChI=1S/C13H18BrNO2/c1-10(2)9-12(14)6-3-11-4-7-13(8-5-11)15(16)17/h4-5,7-8,10,12H,3,6,9H2,1-2H3. The number of benzene rings is 1. The second kappa shape index (κ2) is 6.74. The molecule has 0 radical (unpaired) electrons. The number of nitro groups is 1. The quantitative estimate of drug-likeness (QED) is 0.445. The third kappa shape index (κ3) is 5.31. The molecule has 0 fully saturated rings. The van der Waals surface area contributed by atoms with Crippen LogP contribution in [-0.4, -0.2) is 9.75 Å². The third-order valence-corrected chi connectivity index (χ3v) is 3.45. The first kappa shape index (κ1) is 14.2. The van der Waals surface area contributed by atoms with Crippen LogP contribution in [0.2, 0.25) is 0 Å². The van der Waals surface area contributed by atoms with E-state index in [-0.39, 0.29) is 10.6 Å². The van der Waals surface area contributed by atoms with Crippen LogP contribution in [0.4, 0.5) is 5.69 Å². The van der Waals surface area contributed by atoms with Crippen molar-refractivity contribution in [1.29, 1.82) is 0 Å². The second-order valence-electron chi connectivity index (χ2n) is 4.69. The number of nitrogens with zero attached hydrogens (tertiary/aromatic N) is 1. The van der Waals surface area contributed by atoms with Crippen molar-refractivity contribution in [3.8, 4) is 0 Å². The highest BCUT2D eigenvalue weighted by Gasteiger charge is 2.08. The Morgan fingerprint density at radius 2 is 1.88 bits per heavy atom. The molecule has 17 heavy (non-hydrogen) atoms. The van der Waals surface area contributed by atoms with Crippen molar-refractivity contribution in [2.45, 2.75) is 37.9 Å². The normalized spacial score (nSPS) is 12.7. The van der Waals surface area contributed by atoms with E-state index >= 15 is 0 Å². The van der Waals surface area contributed by atoms with Gasteiger partial charge in [-0.15, -0.1) is 0 Å². The van der Waals surface area contributed by atoms with E-state index in [0.717, 1.165) is 24.8 Å². The fourth-order valence-electron chi connectivity index (χ4n) is 1.74. The zero-order valence-corrected chi connectivity index (χ0v) is 11.8. The van der Waals surface area contributed by atoms with Crippen LogP contribution in [0.15, 0.2) is 24.3 Å². The smallest absolute Gasteiger partial charge is 0.258 e. The van der Waals surface area contributed by atoms with Gasteiger partial charge in [-0.25, -0.2) is 0 Å². The van der Waals surface area contributed by atoms with Gasteiger partial charge in [0.15, 0.2) is 0 Å². The van der Waals surface area contributed by atoms with E-state index in [1.54, 1.807) is 12.1 Å². The highest BCUT2D eigenvalue weighted by atomic mass is 79.9. The highest BCUT2D eigenvalue weighted by Crippen LogP contribution is 2.19. The van der Waals surface area contributed by atoms with Crippen molar-refractivity contribution in [2.75, 3.05) is 0 Å². The SMILES string of the molecule is CC(C)CC(Br)CCc1ccc([N+](=O)[O-])cc1. The zero-order valence-electron chi connectivity index (χ0n) is 10.2. The summed E-state index contributed by atoms with van der Waals surface area (Å²) in [6.07, 6.45) is 3.18. The number of aryl methyl sites for hydroxylation is 1. The molecule has 0 bridgehead atoms. The summed E-state index contributed by atoms with van der Waals surface area (Å²) in [5, 5.41) is 10.5. The van der Waals surface area contributed by atoms with Crippen molar-refractivity contribution in [2.24, 2.45) is 5.92 Å². The molecule has 1 aromatic carbocycles. The molecule has 0 aliphatic heterocycles. The molecule has 0 N–H and O–H groups in total. The maximum absolute atomic E-state index is 10.5. The minimum atomic E-state index is -0.365. The molecule has 0 amide bonds. The fraction of sp³-hybridized carbons (Fsp3) is 0.538. The van der Waals surface area contributed by atoms with E-state index in [9.17, 15) is 10.1 Å². The number of alkyl halides is 1. The lowest BCUT2D eigenvalue weighted by Gasteiger charge is -2.11. The van der Waals surface area contributed by atoms with Crippen molar-refractivity contribution in [3.63, 3.8) is 0 Å². The number of rotatable bonds is 6. The fourth-order valence-corrected chi connectivity index (χ4v) is 2.71. The molecule has 0 saturated heterocycles. The van der Waals surface area contributed by atoms with Gasteiger partial charge in [-0.3, -0.25) is 10.1 Å². The van der Waals surface area contributed by atoms with Crippen LogP contribution in [0.5, 0.6) is 0 Å². The first-order valence-electron chi connectivity index (χ1n) is 5.86. The third-order valence-electron chi connectivity index (χ3n) is 2.62. The Hall–Kier alpha value is -0.900. The summed E-state index contributed by atoms with van der Waals surface area (Å²) in [6.45, 7) is 4.42. The Balaban J connectivity index is 2.44. The molecule has 1 rings (SSSR count). The van der Waals surface area contributed by atoms with E-state index in [0.29, 0.717) is 10.7 Å². The molecular formula is C13H18BrNO2. The van der Waals surface area contributed by atoms with Crippen LogP contribution >= 0.6 is 15.9 Å². The van der Waals surface area contributed by atoms with Gasteiger partial charge in [0, 0.05) is 17.0 Å². The summed E-state index contributed by atoms with van der Waals surface area (Å²) in [7, 11) is 0. The number of non-ortho nitro benzene ring substituents is 1. The summed E-state index contributed by atoms with van der Waals surface area (Å²) in [4.78, 5) is 10.7. The Bertz CT molecular complexity index is 362. The molecule has 0 heterocycles. The van der Waals surface area contributed by atoms with E-state index in [1.165, 1.54) is 0 Å². The first-order chi connectivity index (χ1) is 7.99. The first-order valence-corrected chi connectivity index (χ1v) is 6.78. The second-order valence-corrected chi connectivity index (χ2v) is 5.98. The number of nitro benzene ring substituents is 1. The van der Waals surface area contributed by atoms with Crippen molar-refractivity contribution < 1.29 is 4.92 Å². The molecule has 0 saturated carbocycles. The molecule has 0 aliphatic rings. The van der Waals surface area contributed by atoms with Gasteiger partial charge in [-0.2, -0.15) is 0 Å². The van der Waals surface area contributed by atoms with Crippen LogP contribution in [0.25, 0.3) is 0 Å². The van der Waals surface area contributed by atoms with Crippen molar-refractivity contribution in [1.82, 2.24) is 0 Å². The molecule has 0 aromatic heterocycles. The van der Waals surface area contributed by atoms with Gasteiger partial charge in [-0.1, -0.05) is 41.9 Å². The van der Waals surface area contributed by atoms with Gasteiger partial charge < -0.3 is 0 Å². The van der Waals surface area contributed by atoms with Crippen molar-refractivity contribution in [3.05, 3.63) is 39.9 Å². The Labute approximate surface area is 111 Å². The largest absolute Gasteiger partial charge is 0.269 e. The number of hydrogen-bond acceptors (Lipinski definition) is 2. The average molecular weight is 300 g/mol. The van der Waals surface area contributed by atoms with Gasteiger partial charge in [0.25, 0.3) is 5.69 Å². The predicted octanol–water partition coefficient (Wildman–Crippen LogP) is 4.34. The predicted molar refractivity (Wildman–Crippen MR) is 73.6 cm³/mol. The molecule has 1 unspecified atom stereocenters. The molecule has 0 spiro atoms. The summed E-state index contributed by atoms with van der Waals surface area (Å²) >= 11 is 3.67. The Morgan fingerprint density at radius 3 is 2.35 bits per heavy atom. The van der Waals surface area contributed by atoms with Gasteiger partial charge >= 0.3 is 0 Å².